The highest BCUT2D eigenvalue weighted by Crippen LogP contribution is 2.48. The van der Waals surface area contributed by atoms with Crippen molar-refractivity contribution in [2.45, 2.75) is 0 Å². The second kappa shape index (κ2) is 10.3. The monoisotopic (exact) mass is 660 g/mol. The van der Waals surface area contributed by atoms with Crippen molar-refractivity contribution >= 4 is 65.4 Å². The van der Waals surface area contributed by atoms with Crippen molar-refractivity contribution in [1.82, 2.24) is 19.1 Å². The van der Waals surface area contributed by atoms with E-state index >= 15 is 0 Å². The van der Waals surface area contributed by atoms with E-state index in [1.165, 1.54) is 60.0 Å². The molecule has 0 N–H and O–H groups in total. The van der Waals surface area contributed by atoms with Crippen LogP contribution >= 0.6 is 0 Å². The average molecular weight is 661 g/mol. The summed E-state index contributed by atoms with van der Waals surface area (Å²) in [5, 5.41) is 7.46. The summed E-state index contributed by atoms with van der Waals surface area (Å²) in [5.41, 5.74) is 14.3. The van der Waals surface area contributed by atoms with E-state index in [0.29, 0.717) is 0 Å². The zero-order chi connectivity index (χ0) is 33.9. The van der Waals surface area contributed by atoms with Gasteiger partial charge in [0.05, 0.1) is 33.1 Å². The van der Waals surface area contributed by atoms with Gasteiger partial charge in [0.25, 0.3) is 0 Å². The Morgan fingerprint density at radius 3 is 2.00 bits per heavy atom. The van der Waals surface area contributed by atoms with Gasteiger partial charge in [0.2, 0.25) is 0 Å². The first-order chi connectivity index (χ1) is 25.8. The molecule has 240 valence electrons. The molecule has 0 spiro atoms. The van der Waals surface area contributed by atoms with E-state index < -0.39 is 0 Å². The first kappa shape index (κ1) is 27.7. The van der Waals surface area contributed by atoms with Gasteiger partial charge in [0.15, 0.2) is 5.82 Å². The van der Waals surface area contributed by atoms with Gasteiger partial charge in [-0.25, -0.2) is 9.97 Å². The highest BCUT2D eigenvalue weighted by Gasteiger charge is 2.27. The van der Waals surface area contributed by atoms with Gasteiger partial charge in [0.1, 0.15) is 5.69 Å². The number of hydrogen-bond donors (Lipinski definition) is 0. The van der Waals surface area contributed by atoms with Crippen LogP contribution in [0.25, 0.3) is 110 Å². The lowest BCUT2D eigenvalue weighted by Crippen LogP contribution is -2.02. The largest absolute Gasteiger partial charge is 0.309 e. The van der Waals surface area contributed by atoms with E-state index in [1.54, 1.807) is 0 Å². The van der Waals surface area contributed by atoms with Crippen LogP contribution in [0.1, 0.15) is 0 Å². The first-order valence-corrected chi connectivity index (χ1v) is 17.8. The summed E-state index contributed by atoms with van der Waals surface area (Å²) >= 11 is 0. The molecule has 0 amide bonds. The van der Waals surface area contributed by atoms with Crippen LogP contribution in [-0.4, -0.2) is 19.1 Å². The minimum Gasteiger partial charge on any atom is -0.309 e. The molecule has 8 aromatic carbocycles. The van der Waals surface area contributed by atoms with Crippen molar-refractivity contribution in [2.24, 2.45) is 0 Å². The van der Waals surface area contributed by atoms with Crippen LogP contribution in [-0.2, 0) is 0 Å². The first-order valence-electron chi connectivity index (χ1n) is 17.8. The Kier molecular flexibility index (Phi) is 5.47. The van der Waals surface area contributed by atoms with Crippen LogP contribution in [0.15, 0.2) is 170 Å². The van der Waals surface area contributed by atoms with Crippen LogP contribution in [0, 0.1) is 0 Å². The number of nitrogens with zero attached hydrogens (tertiary/aromatic N) is 4. The highest BCUT2D eigenvalue weighted by molar-refractivity contribution is 6.22. The van der Waals surface area contributed by atoms with Crippen LogP contribution in [0.5, 0.6) is 0 Å². The predicted octanol–water partition coefficient (Wildman–Crippen LogP) is 12.3. The van der Waals surface area contributed by atoms with E-state index in [9.17, 15) is 0 Å². The highest BCUT2D eigenvalue weighted by atomic mass is 15.1. The molecule has 3 aromatic heterocycles. The van der Waals surface area contributed by atoms with Crippen molar-refractivity contribution in [1.29, 1.82) is 0 Å². The lowest BCUT2D eigenvalue weighted by atomic mass is 9.92. The number of rotatable bonds is 2. The Hall–Kier alpha value is -7.04. The standard InChI is InChI=1S/C48H28N4/c1-2-13-32(14-3-1)51-43-25-23-29-12-4-5-15-33(29)45(43)37-24-22-30(28-44(37)51)31-26-38-34-16-6-7-18-36(34)46-48(50-41-20-10-9-19-40(41)49-46)52-42-21-11-8-17-35(42)39(27-31)47(38)52/h1-28H. The fourth-order valence-corrected chi connectivity index (χ4v) is 8.76. The van der Waals surface area contributed by atoms with Crippen LogP contribution in [0.3, 0.4) is 0 Å². The second-order valence-electron chi connectivity index (χ2n) is 13.8. The Morgan fingerprint density at radius 2 is 1.12 bits per heavy atom. The molecular weight excluding hydrogens is 633 g/mol. The third-order valence-corrected chi connectivity index (χ3v) is 11.0. The summed E-state index contributed by atoms with van der Waals surface area (Å²) in [6.07, 6.45) is 0. The molecule has 1 aliphatic rings. The van der Waals surface area contributed by atoms with E-state index in [-0.39, 0.29) is 0 Å². The van der Waals surface area contributed by atoms with Gasteiger partial charge in [0, 0.05) is 38.4 Å². The maximum absolute atomic E-state index is 5.31. The van der Waals surface area contributed by atoms with Gasteiger partial charge in [-0.15, -0.1) is 0 Å². The molecular formula is C48H28N4. The minimum absolute atomic E-state index is 0.866. The zero-order valence-electron chi connectivity index (χ0n) is 28.0. The molecule has 0 saturated heterocycles. The molecule has 4 heteroatoms. The van der Waals surface area contributed by atoms with Gasteiger partial charge in [-0.2, -0.15) is 0 Å². The van der Waals surface area contributed by atoms with Crippen molar-refractivity contribution in [3.63, 3.8) is 0 Å². The Bertz CT molecular complexity index is 3290. The van der Waals surface area contributed by atoms with E-state index in [1.807, 2.05) is 12.1 Å². The molecule has 0 radical (unpaired) electrons. The van der Waals surface area contributed by atoms with E-state index in [0.717, 1.165) is 50.4 Å². The number of benzene rings is 8. The van der Waals surface area contributed by atoms with Gasteiger partial charge in [-0.3, -0.25) is 4.57 Å². The van der Waals surface area contributed by atoms with Crippen molar-refractivity contribution in [3.8, 4) is 45.0 Å². The quantitative estimate of drug-likeness (QED) is 0.185. The molecule has 52 heavy (non-hydrogen) atoms. The fourth-order valence-electron chi connectivity index (χ4n) is 8.76. The van der Waals surface area contributed by atoms with Crippen molar-refractivity contribution in [2.75, 3.05) is 0 Å². The summed E-state index contributed by atoms with van der Waals surface area (Å²) in [7, 11) is 0. The third-order valence-electron chi connectivity index (χ3n) is 11.0. The van der Waals surface area contributed by atoms with Gasteiger partial charge >= 0.3 is 0 Å². The average Bonchev–Trinajstić information content (AvgIpc) is 3.69. The van der Waals surface area contributed by atoms with Gasteiger partial charge in [-0.05, 0) is 82.1 Å². The minimum atomic E-state index is 0.866. The van der Waals surface area contributed by atoms with Gasteiger partial charge in [-0.1, -0.05) is 115 Å². The molecule has 0 fully saturated rings. The summed E-state index contributed by atoms with van der Waals surface area (Å²) in [6, 6.07) is 61.3. The fraction of sp³-hybridized carbons (Fsp3) is 0. The molecule has 0 unspecified atom stereocenters. The summed E-state index contributed by atoms with van der Waals surface area (Å²) in [4.78, 5) is 10.6. The molecule has 0 saturated carbocycles. The maximum atomic E-state index is 5.31. The van der Waals surface area contributed by atoms with Crippen molar-refractivity contribution in [3.05, 3.63) is 170 Å². The number of aromatic nitrogens is 4. The number of hydrogen-bond acceptors (Lipinski definition) is 2. The van der Waals surface area contributed by atoms with E-state index in [4.69, 9.17) is 9.97 Å². The molecule has 0 atom stereocenters. The number of para-hydroxylation sites is 4. The van der Waals surface area contributed by atoms with Crippen LogP contribution in [0.4, 0.5) is 0 Å². The van der Waals surface area contributed by atoms with Crippen LogP contribution in [0.2, 0.25) is 0 Å². The summed E-state index contributed by atoms with van der Waals surface area (Å²) < 4.78 is 4.77. The Labute approximate surface area is 298 Å². The summed E-state index contributed by atoms with van der Waals surface area (Å²) in [6.45, 7) is 0. The topological polar surface area (TPSA) is 35.6 Å². The maximum Gasteiger partial charge on any atom is 0.165 e. The van der Waals surface area contributed by atoms with Crippen LogP contribution < -0.4 is 0 Å². The molecule has 1 aliphatic heterocycles. The molecule has 12 rings (SSSR count). The number of fused-ring (bicyclic) bond motifs is 14. The second-order valence-corrected chi connectivity index (χ2v) is 13.8. The lowest BCUT2D eigenvalue weighted by molar-refractivity contribution is 1.09. The molecule has 0 bridgehead atoms. The zero-order valence-corrected chi connectivity index (χ0v) is 28.0. The molecule has 4 nitrogen and oxygen atoms in total. The Morgan fingerprint density at radius 1 is 0.385 bits per heavy atom. The van der Waals surface area contributed by atoms with E-state index in [2.05, 4.69) is 167 Å². The smallest absolute Gasteiger partial charge is 0.165 e. The normalized spacial score (nSPS) is 12.2. The molecule has 11 aromatic rings. The SMILES string of the molecule is c1ccc(-n2c3cc(-c4cc5c6c(c4)c4ccccc4n6-c4nc6ccccc6nc4-c4ccccc4-5)ccc3c3c4ccccc4ccc32)cc1. The van der Waals surface area contributed by atoms with Gasteiger partial charge < -0.3 is 4.57 Å². The molecule has 0 aliphatic carbocycles. The third kappa shape index (κ3) is 3.70. The Balaban J connectivity index is 1.20. The summed E-state index contributed by atoms with van der Waals surface area (Å²) in [5.74, 6) is 0.866. The molecule has 4 heterocycles. The predicted molar refractivity (Wildman–Crippen MR) is 216 cm³/mol. The van der Waals surface area contributed by atoms with Crippen molar-refractivity contribution < 1.29 is 0 Å². The lowest BCUT2D eigenvalue weighted by Gasteiger charge is -2.12.